The number of nitrogens with zero attached hydrogens (tertiary/aromatic N) is 4. The summed E-state index contributed by atoms with van der Waals surface area (Å²) in [5, 5.41) is 21.0. The van der Waals surface area contributed by atoms with Crippen molar-refractivity contribution in [1.82, 2.24) is 19.1 Å². The van der Waals surface area contributed by atoms with E-state index in [9.17, 15) is 15.0 Å². The Morgan fingerprint density at radius 2 is 1.62 bits per heavy atom. The van der Waals surface area contributed by atoms with Crippen LogP contribution in [0.4, 0.5) is 0 Å². The predicted octanol–water partition coefficient (Wildman–Crippen LogP) is 6.97. The minimum atomic E-state index is -0.943. The average molecular weight is 531 g/mol. The Morgan fingerprint density at radius 1 is 0.900 bits per heavy atom. The fraction of sp³-hybridized carbons (Fsp3) is 0.182. The predicted molar refractivity (Wildman–Crippen MR) is 158 cm³/mol. The second-order valence-corrected chi connectivity index (χ2v) is 10.2. The number of carbonyl (C=O) groups is 1. The van der Waals surface area contributed by atoms with E-state index in [1.165, 1.54) is 0 Å². The van der Waals surface area contributed by atoms with Crippen LogP contribution in [0.1, 0.15) is 40.7 Å². The molecule has 0 saturated heterocycles. The van der Waals surface area contributed by atoms with E-state index in [-0.39, 0.29) is 11.3 Å². The molecule has 0 unspecified atom stereocenters. The molecule has 0 radical (unpaired) electrons. The van der Waals surface area contributed by atoms with Crippen molar-refractivity contribution in [2.24, 2.45) is 7.05 Å². The molecular weight excluding hydrogens is 500 g/mol. The first-order chi connectivity index (χ1) is 19.4. The van der Waals surface area contributed by atoms with Gasteiger partial charge in [0.25, 0.3) is 0 Å². The zero-order valence-electron chi connectivity index (χ0n) is 22.7. The minimum absolute atomic E-state index is 0.204. The van der Waals surface area contributed by atoms with E-state index in [1.807, 2.05) is 85.3 Å². The Kier molecular flexibility index (Phi) is 6.34. The molecule has 0 atom stereocenters. The lowest BCUT2D eigenvalue weighted by molar-refractivity contribution is 0.0697. The second kappa shape index (κ2) is 10.0. The highest BCUT2D eigenvalue weighted by Crippen LogP contribution is 2.38. The van der Waals surface area contributed by atoms with Gasteiger partial charge in [-0.15, -0.1) is 0 Å². The summed E-state index contributed by atoms with van der Waals surface area (Å²) in [5.41, 5.74) is 7.93. The van der Waals surface area contributed by atoms with E-state index in [1.54, 1.807) is 12.1 Å². The smallest absolute Gasteiger partial charge is 0.336 e. The molecular formula is C33H30N4O3. The molecule has 6 rings (SSSR count). The van der Waals surface area contributed by atoms with Crippen molar-refractivity contribution in [2.45, 2.75) is 33.2 Å². The van der Waals surface area contributed by atoms with Crippen molar-refractivity contribution >= 4 is 28.0 Å². The van der Waals surface area contributed by atoms with E-state index in [4.69, 9.17) is 9.97 Å². The summed E-state index contributed by atoms with van der Waals surface area (Å²) in [6.07, 6.45) is 1.75. The van der Waals surface area contributed by atoms with Crippen LogP contribution in [0.15, 0.2) is 78.9 Å². The number of aromatic hydroxyl groups is 1. The number of phenols is 1. The Bertz CT molecular complexity index is 1900. The van der Waals surface area contributed by atoms with Crippen molar-refractivity contribution in [1.29, 1.82) is 0 Å². The van der Waals surface area contributed by atoms with Crippen molar-refractivity contribution < 1.29 is 15.0 Å². The van der Waals surface area contributed by atoms with Crippen LogP contribution in [0, 0.1) is 6.92 Å². The van der Waals surface area contributed by atoms with E-state index in [2.05, 4.69) is 11.5 Å². The van der Waals surface area contributed by atoms with Gasteiger partial charge in [-0.2, -0.15) is 0 Å². The molecule has 0 amide bonds. The number of aryl methyl sites for hydroxylation is 3. The SMILES string of the molecule is CCCc1nc2cc(-c3nc4ccccc4n3C)c(O)c(C)c2n1Cc1ccc(-c2ccccc2C(=O)O)cc1. The lowest BCUT2D eigenvalue weighted by atomic mass is 9.98. The van der Waals surface area contributed by atoms with Gasteiger partial charge in [0.2, 0.25) is 0 Å². The third-order valence-electron chi connectivity index (χ3n) is 7.58. The zero-order valence-corrected chi connectivity index (χ0v) is 22.7. The van der Waals surface area contributed by atoms with Crippen LogP contribution >= 0.6 is 0 Å². The van der Waals surface area contributed by atoms with E-state index in [0.717, 1.165) is 57.4 Å². The van der Waals surface area contributed by atoms with Gasteiger partial charge in [-0.1, -0.05) is 61.5 Å². The standard InChI is InChI=1S/C33H30N4O3/c1-4-9-29-34-27-18-25(32-35-26-12-7-8-13-28(26)36(32)3)31(38)20(2)30(27)37(29)19-21-14-16-22(17-15-21)23-10-5-6-11-24(23)33(39)40/h5-8,10-18,38H,4,9,19H2,1-3H3,(H,39,40). The summed E-state index contributed by atoms with van der Waals surface area (Å²) in [6, 6.07) is 24.9. The van der Waals surface area contributed by atoms with Gasteiger partial charge in [-0.05, 0) is 54.3 Å². The molecule has 2 aromatic heterocycles. The number of hydrogen-bond acceptors (Lipinski definition) is 4. The third-order valence-corrected chi connectivity index (χ3v) is 7.58. The fourth-order valence-electron chi connectivity index (χ4n) is 5.57. The molecule has 0 aliphatic carbocycles. The van der Waals surface area contributed by atoms with Crippen molar-refractivity contribution in [2.75, 3.05) is 0 Å². The van der Waals surface area contributed by atoms with Crippen LogP contribution in [0.5, 0.6) is 5.75 Å². The van der Waals surface area contributed by atoms with Gasteiger partial charge < -0.3 is 19.3 Å². The molecule has 0 spiro atoms. The largest absolute Gasteiger partial charge is 0.507 e. The normalized spacial score (nSPS) is 11.5. The quantitative estimate of drug-likeness (QED) is 0.232. The maximum Gasteiger partial charge on any atom is 0.336 e. The Morgan fingerprint density at radius 3 is 2.35 bits per heavy atom. The Hall–Kier alpha value is -4.91. The lowest BCUT2D eigenvalue weighted by Crippen LogP contribution is -2.06. The highest BCUT2D eigenvalue weighted by molar-refractivity contribution is 5.96. The number of carboxylic acids is 1. The number of imidazole rings is 2. The van der Waals surface area contributed by atoms with Crippen LogP contribution in [0.3, 0.4) is 0 Å². The van der Waals surface area contributed by atoms with Crippen molar-refractivity contribution in [3.8, 4) is 28.3 Å². The van der Waals surface area contributed by atoms with Gasteiger partial charge in [0.1, 0.15) is 17.4 Å². The molecule has 0 saturated carbocycles. The van der Waals surface area contributed by atoms with Crippen molar-refractivity contribution in [3.05, 3.63) is 101 Å². The Balaban J connectivity index is 1.42. The number of aromatic nitrogens is 4. The number of para-hydroxylation sites is 2. The molecule has 4 aromatic carbocycles. The fourth-order valence-corrected chi connectivity index (χ4v) is 5.57. The topological polar surface area (TPSA) is 93.2 Å². The van der Waals surface area contributed by atoms with Crippen LogP contribution < -0.4 is 0 Å². The number of aromatic carboxylic acids is 1. The first-order valence-electron chi connectivity index (χ1n) is 13.4. The van der Waals surface area contributed by atoms with E-state index >= 15 is 0 Å². The molecule has 40 heavy (non-hydrogen) atoms. The first kappa shape index (κ1) is 25.4. The molecule has 200 valence electrons. The number of hydrogen-bond donors (Lipinski definition) is 2. The van der Waals surface area contributed by atoms with Gasteiger partial charge >= 0.3 is 5.97 Å². The first-order valence-corrected chi connectivity index (χ1v) is 13.4. The average Bonchev–Trinajstić information content (AvgIpc) is 3.48. The number of benzene rings is 4. The molecule has 7 nitrogen and oxygen atoms in total. The Labute approximate surface area is 232 Å². The molecule has 0 fully saturated rings. The summed E-state index contributed by atoms with van der Waals surface area (Å²) in [4.78, 5) is 21.5. The summed E-state index contributed by atoms with van der Waals surface area (Å²) in [7, 11) is 1.96. The summed E-state index contributed by atoms with van der Waals surface area (Å²) >= 11 is 0. The summed E-state index contributed by atoms with van der Waals surface area (Å²) in [5.74, 6) is 0.924. The maximum absolute atomic E-state index is 11.7. The summed E-state index contributed by atoms with van der Waals surface area (Å²) < 4.78 is 4.19. The van der Waals surface area contributed by atoms with Crippen LogP contribution in [-0.4, -0.2) is 35.3 Å². The molecule has 0 aliphatic rings. The third kappa shape index (κ3) is 4.20. The van der Waals surface area contributed by atoms with Gasteiger partial charge in [-0.3, -0.25) is 0 Å². The molecule has 7 heteroatoms. The molecule has 2 N–H and O–H groups in total. The number of phenolic OH excluding ortho intramolecular Hbond substituents is 1. The van der Waals surface area contributed by atoms with Crippen molar-refractivity contribution in [3.63, 3.8) is 0 Å². The lowest BCUT2D eigenvalue weighted by Gasteiger charge is -2.14. The zero-order chi connectivity index (χ0) is 28.0. The van der Waals surface area contributed by atoms with Gasteiger partial charge in [-0.25, -0.2) is 14.8 Å². The second-order valence-electron chi connectivity index (χ2n) is 10.2. The number of rotatable bonds is 7. The van der Waals surface area contributed by atoms with Crippen LogP contribution in [0.2, 0.25) is 0 Å². The molecule has 6 aromatic rings. The van der Waals surface area contributed by atoms with E-state index in [0.29, 0.717) is 23.5 Å². The van der Waals surface area contributed by atoms with Crippen LogP contribution in [-0.2, 0) is 20.0 Å². The highest BCUT2D eigenvalue weighted by Gasteiger charge is 2.22. The number of fused-ring (bicyclic) bond motifs is 2. The summed E-state index contributed by atoms with van der Waals surface area (Å²) in [6.45, 7) is 4.65. The monoisotopic (exact) mass is 530 g/mol. The molecule has 0 bridgehead atoms. The van der Waals surface area contributed by atoms with E-state index < -0.39 is 5.97 Å². The number of carboxylic acid groups (broad SMARTS) is 1. The van der Waals surface area contributed by atoms with Gasteiger partial charge in [0.05, 0.1) is 33.2 Å². The maximum atomic E-state index is 11.7. The van der Waals surface area contributed by atoms with Gasteiger partial charge in [0, 0.05) is 25.6 Å². The minimum Gasteiger partial charge on any atom is -0.507 e. The molecule has 0 aliphatic heterocycles. The molecule has 2 heterocycles. The van der Waals surface area contributed by atoms with Crippen LogP contribution in [0.25, 0.3) is 44.6 Å². The van der Waals surface area contributed by atoms with Gasteiger partial charge in [0.15, 0.2) is 0 Å². The highest BCUT2D eigenvalue weighted by atomic mass is 16.4.